The zero-order valence-electron chi connectivity index (χ0n) is 16.3. The molecular formula is C22H24ClN3O2. The highest BCUT2D eigenvalue weighted by Crippen LogP contribution is 2.24. The minimum absolute atomic E-state index is 0.129. The van der Waals surface area contributed by atoms with Crippen molar-refractivity contribution in [3.8, 4) is 5.75 Å². The predicted octanol–water partition coefficient (Wildman–Crippen LogP) is 4.93. The number of benzene rings is 2. The van der Waals surface area contributed by atoms with E-state index in [1.54, 1.807) is 12.1 Å². The van der Waals surface area contributed by atoms with E-state index in [0.717, 1.165) is 23.4 Å². The third-order valence-corrected chi connectivity index (χ3v) is 4.85. The molecule has 0 aliphatic rings. The van der Waals surface area contributed by atoms with Crippen LogP contribution in [0.5, 0.6) is 5.75 Å². The van der Waals surface area contributed by atoms with Crippen LogP contribution in [-0.2, 0) is 13.2 Å². The molecule has 0 saturated carbocycles. The van der Waals surface area contributed by atoms with Crippen LogP contribution in [0, 0.1) is 6.92 Å². The van der Waals surface area contributed by atoms with Crippen LogP contribution < -0.4 is 10.1 Å². The second-order valence-electron chi connectivity index (χ2n) is 6.64. The standard InChI is InChI=1S/C22H24ClN3O2/c1-4-26-13-19(16(3)25-26)15(2)24-22(27)18-9-7-8-17(12-18)14-28-21-11-6-5-10-20(21)23/h5-13,15H,4,14H2,1-3H3,(H,24,27). The van der Waals surface area contributed by atoms with Gasteiger partial charge in [0.05, 0.1) is 16.8 Å². The number of hydrogen-bond acceptors (Lipinski definition) is 3. The highest BCUT2D eigenvalue weighted by atomic mass is 35.5. The third-order valence-electron chi connectivity index (χ3n) is 4.54. The smallest absolute Gasteiger partial charge is 0.251 e. The van der Waals surface area contributed by atoms with Gasteiger partial charge in [0.2, 0.25) is 0 Å². The van der Waals surface area contributed by atoms with Gasteiger partial charge in [-0.2, -0.15) is 5.10 Å². The first-order valence-electron chi connectivity index (χ1n) is 9.29. The van der Waals surface area contributed by atoms with E-state index in [1.807, 2.05) is 68.0 Å². The summed E-state index contributed by atoms with van der Waals surface area (Å²) in [7, 11) is 0. The number of amides is 1. The molecule has 3 aromatic rings. The van der Waals surface area contributed by atoms with Crippen LogP contribution in [0.1, 0.15) is 47.1 Å². The first kappa shape index (κ1) is 20.0. The molecule has 28 heavy (non-hydrogen) atoms. The topological polar surface area (TPSA) is 56.2 Å². The number of aromatic nitrogens is 2. The van der Waals surface area contributed by atoms with E-state index in [1.165, 1.54) is 0 Å². The molecule has 0 fully saturated rings. The van der Waals surface area contributed by atoms with Gasteiger partial charge in [0.25, 0.3) is 5.91 Å². The molecule has 6 heteroatoms. The first-order chi connectivity index (χ1) is 13.5. The minimum atomic E-state index is -0.129. The summed E-state index contributed by atoms with van der Waals surface area (Å²) in [5.74, 6) is 0.492. The van der Waals surface area contributed by atoms with Crippen LogP contribution in [0.3, 0.4) is 0 Å². The van der Waals surface area contributed by atoms with Gasteiger partial charge in [0.1, 0.15) is 12.4 Å². The summed E-state index contributed by atoms with van der Waals surface area (Å²) in [5, 5.41) is 8.05. The zero-order valence-corrected chi connectivity index (χ0v) is 17.0. The van der Waals surface area contributed by atoms with Crippen molar-refractivity contribution in [1.29, 1.82) is 0 Å². The Bertz CT molecular complexity index is 968. The second kappa shape index (κ2) is 8.93. The highest BCUT2D eigenvalue weighted by Gasteiger charge is 2.16. The fourth-order valence-electron chi connectivity index (χ4n) is 3.00. The van der Waals surface area contributed by atoms with E-state index in [9.17, 15) is 4.79 Å². The molecule has 1 heterocycles. The van der Waals surface area contributed by atoms with Crippen molar-refractivity contribution in [2.45, 2.75) is 40.0 Å². The lowest BCUT2D eigenvalue weighted by atomic mass is 10.1. The first-order valence-corrected chi connectivity index (χ1v) is 9.66. The molecule has 1 unspecified atom stereocenters. The molecule has 0 aliphatic carbocycles. The van der Waals surface area contributed by atoms with E-state index < -0.39 is 0 Å². The van der Waals surface area contributed by atoms with Crippen LogP contribution in [0.4, 0.5) is 0 Å². The number of para-hydroxylation sites is 1. The number of aryl methyl sites for hydroxylation is 2. The van der Waals surface area contributed by atoms with Crippen molar-refractivity contribution in [2.24, 2.45) is 0 Å². The predicted molar refractivity (Wildman–Crippen MR) is 111 cm³/mol. The summed E-state index contributed by atoms with van der Waals surface area (Å²) >= 11 is 6.12. The molecule has 0 spiro atoms. The number of nitrogens with zero attached hydrogens (tertiary/aromatic N) is 2. The Balaban J connectivity index is 1.66. The van der Waals surface area contributed by atoms with Gasteiger partial charge in [-0.05, 0) is 50.6 Å². The third kappa shape index (κ3) is 4.73. The molecule has 5 nitrogen and oxygen atoms in total. The fourth-order valence-corrected chi connectivity index (χ4v) is 3.19. The molecule has 1 atom stereocenters. The van der Waals surface area contributed by atoms with Gasteiger partial charge in [0.15, 0.2) is 0 Å². The lowest BCUT2D eigenvalue weighted by Crippen LogP contribution is -2.27. The Labute approximate surface area is 170 Å². The maximum Gasteiger partial charge on any atom is 0.251 e. The van der Waals surface area contributed by atoms with E-state index in [0.29, 0.717) is 22.9 Å². The number of carbonyl (C=O) groups is 1. The van der Waals surface area contributed by atoms with Crippen LogP contribution in [0.2, 0.25) is 5.02 Å². The van der Waals surface area contributed by atoms with Crippen molar-refractivity contribution in [1.82, 2.24) is 15.1 Å². The number of carbonyl (C=O) groups excluding carboxylic acids is 1. The normalized spacial score (nSPS) is 11.9. The lowest BCUT2D eigenvalue weighted by molar-refractivity contribution is 0.0939. The average molecular weight is 398 g/mol. The molecule has 0 saturated heterocycles. The summed E-state index contributed by atoms with van der Waals surface area (Å²) in [5.41, 5.74) is 3.44. The maximum absolute atomic E-state index is 12.7. The Kier molecular flexibility index (Phi) is 6.37. The van der Waals surface area contributed by atoms with Gasteiger partial charge in [-0.15, -0.1) is 0 Å². The zero-order chi connectivity index (χ0) is 20.1. The summed E-state index contributed by atoms with van der Waals surface area (Å²) in [6, 6.07) is 14.6. The monoisotopic (exact) mass is 397 g/mol. The molecular weight excluding hydrogens is 374 g/mol. The Morgan fingerprint density at radius 2 is 2.04 bits per heavy atom. The SMILES string of the molecule is CCn1cc(C(C)NC(=O)c2cccc(COc3ccccc3Cl)c2)c(C)n1. The highest BCUT2D eigenvalue weighted by molar-refractivity contribution is 6.32. The van der Waals surface area contributed by atoms with Crippen LogP contribution in [0.25, 0.3) is 0 Å². The molecule has 146 valence electrons. The Morgan fingerprint density at radius 3 is 2.75 bits per heavy atom. The van der Waals surface area contributed by atoms with Crippen LogP contribution in [0.15, 0.2) is 54.7 Å². The summed E-state index contributed by atoms with van der Waals surface area (Å²) < 4.78 is 7.64. The van der Waals surface area contributed by atoms with E-state index in [4.69, 9.17) is 16.3 Å². The number of hydrogen-bond donors (Lipinski definition) is 1. The fraction of sp³-hybridized carbons (Fsp3) is 0.273. The Morgan fingerprint density at radius 1 is 1.25 bits per heavy atom. The van der Waals surface area contributed by atoms with E-state index in [2.05, 4.69) is 10.4 Å². The molecule has 3 rings (SSSR count). The molecule has 0 aliphatic heterocycles. The number of halogens is 1. The summed E-state index contributed by atoms with van der Waals surface area (Å²) in [4.78, 5) is 12.7. The van der Waals surface area contributed by atoms with Crippen molar-refractivity contribution >= 4 is 17.5 Å². The van der Waals surface area contributed by atoms with Crippen molar-refractivity contribution in [3.63, 3.8) is 0 Å². The quantitative estimate of drug-likeness (QED) is 0.614. The molecule has 0 bridgehead atoms. The largest absolute Gasteiger partial charge is 0.487 e. The number of nitrogens with one attached hydrogen (secondary N) is 1. The van der Waals surface area contributed by atoms with Gasteiger partial charge in [0, 0.05) is 23.9 Å². The molecule has 0 radical (unpaired) electrons. The van der Waals surface area contributed by atoms with E-state index >= 15 is 0 Å². The molecule has 1 amide bonds. The molecule has 1 N–H and O–H groups in total. The molecule has 1 aromatic heterocycles. The average Bonchev–Trinajstić information content (AvgIpc) is 3.08. The van der Waals surface area contributed by atoms with Gasteiger partial charge in [-0.3, -0.25) is 9.48 Å². The summed E-state index contributed by atoms with van der Waals surface area (Å²) in [6.07, 6.45) is 1.98. The Hall–Kier alpha value is -2.79. The van der Waals surface area contributed by atoms with Crippen molar-refractivity contribution in [3.05, 3.63) is 82.1 Å². The molecule has 2 aromatic carbocycles. The van der Waals surface area contributed by atoms with Crippen LogP contribution in [-0.4, -0.2) is 15.7 Å². The van der Waals surface area contributed by atoms with Gasteiger partial charge in [-0.1, -0.05) is 35.9 Å². The maximum atomic E-state index is 12.7. The number of ether oxygens (including phenoxy) is 1. The van der Waals surface area contributed by atoms with Crippen molar-refractivity contribution < 1.29 is 9.53 Å². The van der Waals surface area contributed by atoms with Crippen molar-refractivity contribution in [2.75, 3.05) is 0 Å². The van der Waals surface area contributed by atoms with Gasteiger partial charge in [-0.25, -0.2) is 0 Å². The second-order valence-corrected chi connectivity index (χ2v) is 7.05. The van der Waals surface area contributed by atoms with E-state index in [-0.39, 0.29) is 11.9 Å². The lowest BCUT2D eigenvalue weighted by Gasteiger charge is -2.14. The van der Waals surface area contributed by atoms with Gasteiger partial charge >= 0.3 is 0 Å². The van der Waals surface area contributed by atoms with Gasteiger partial charge < -0.3 is 10.1 Å². The number of rotatable bonds is 7. The van der Waals surface area contributed by atoms with Crippen LogP contribution >= 0.6 is 11.6 Å². The summed E-state index contributed by atoms with van der Waals surface area (Å²) in [6.45, 7) is 7.09. The minimum Gasteiger partial charge on any atom is -0.487 e.